The van der Waals surface area contributed by atoms with Crippen molar-refractivity contribution in [2.45, 2.75) is 11.8 Å². The van der Waals surface area contributed by atoms with E-state index in [0.717, 1.165) is 0 Å². The first-order valence-electron chi connectivity index (χ1n) is 3.91. The minimum Gasteiger partial charge on any atom is -0.462 e. The van der Waals surface area contributed by atoms with Crippen molar-refractivity contribution in [3.8, 4) is 0 Å². The maximum Gasteiger partial charge on any atom is 0.339 e. The van der Waals surface area contributed by atoms with Crippen molar-refractivity contribution >= 4 is 41.2 Å². The molecule has 14 heavy (non-hydrogen) atoms. The molecule has 0 bridgehead atoms. The Morgan fingerprint density at radius 2 is 2.29 bits per heavy atom. The molecule has 0 unspecified atom stereocenters. The second kappa shape index (κ2) is 4.97. The third kappa shape index (κ3) is 2.60. The van der Waals surface area contributed by atoms with Gasteiger partial charge in [-0.2, -0.15) is 0 Å². The van der Waals surface area contributed by atoms with Crippen LogP contribution in [-0.2, 0) is 4.74 Å². The molecule has 0 spiro atoms. The van der Waals surface area contributed by atoms with Crippen LogP contribution in [0.15, 0.2) is 17.0 Å². The zero-order valence-electron chi connectivity index (χ0n) is 7.38. The van der Waals surface area contributed by atoms with E-state index in [4.69, 9.17) is 4.74 Å². The van der Waals surface area contributed by atoms with Crippen LogP contribution < -0.4 is 0 Å². The molecule has 1 aromatic rings. The van der Waals surface area contributed by atoms with Crippen molar-refractivity contribution in [1.29, 1.82) is 0 Å². The van der Waals surface area contributed by atoms with Crippen LogP contribution in [-0.4, -0.2) is 12.6 Å². The van der Waals surface area contributed by atoms with Crippen molar-refractivity contribution in [1.82, 2.24) is 0 Å². The van der Waals surface area contributed by atoms with E-state index < -0.39 is 11.8 Å². The van der Waals surface area contributed by atoms with Crippen molar-refractivity contribution in [2.75, 3.05) is 6.61 Å². The fourth-order valence-electron chi connectivity index (χ4n) is 0.903. The molecule has 0 fully saturated rings. The Kier molecular flexibility index (Phi) is 4.18. The maximum atomic E-state index is 13.0. The number of halogens is 2. The summed E-state index contributed by atoms with van der Waals surface area (Å²) in [5.41, 5.74) is 0.346. The highest BCUT2D eigenvalue weighted by molar-refractivity contribution is 14.1. The molecular weight excluding hydrogens is 318 g/mol. The SMILES string of the molecule is CCOC(=O)c1cc(S)c(F)cc1I. The monoisotopic (exact) mass is 326 g/mol. The van der Waals surface area contributed by atoms with E-state index in [-0.39, 0.29) is 4.90 Å². The Morgan fingerprint density at radius 1 is 1.64 bits per heavy atom. The topological polar surface area (TPSA) is 26.3 Å². The maximum absolute atomic E-state index is 13.0. The Morgan fingerprint density at radius 3 is 2.86 bits per heavy atom. The fourth-order valence-corrected chi connectivity index (χ4v) is 1.75. The second-order valence-corrected chi connectivity index (χ2v) is 4.15. The average Bonchev–Trinajstić information content (AvgIpc) is 2.11. The molecule has 1 rings (SSSR count). The molecule has 0 heterocycles. The number of carbonyl (C=O) groups is 1. The molecule has 0 N–H and O–H groups in total. The summed E-state index contributed by atoms with van der Waals surface area (Å²) >= 11 is 5.77. The Balaban J connectivity index is 3.09. The van der Waals surface area contributed by atoms with Gasteiger partial charge in [-0.15, -0.1) is 12.6 Å². The highest BCUT2D eigenvalue weighted by Gasteiger charge is 2.13. The second-order valence-electron chi connectivity index (χ2n) is 2.50. The summed E-state index contributed by atoms with van der Waals surface area (Å²) in [6.07, 6.45) is 0. The summed E-state index contributed by atoms with van der Waals surface area (Å²) in [7, 11) is 0. The van der Waals surface area contributed by atoms with Crippen LogP contribution in [0.4, 0.5) is 4.39 Å². The van der Waals surface area contributed by atoms with Crippen molar-refractivity contribution < 1.29 is 13.9 Å². The quantitative estimate of drug-likeness (QED) is 0.514. The minimum atomic E-state index is -0.452. The van der Waals surface area contributed by atoms with Gasteiger partial charge in [0.1, 0.15) is 5.82 Å². The van der Waals surface area contributed by atoms with Crippen LogP contribution in [0.2, 0.25) is 0 Å². The molecule has 0 aromatic heterocycles. The molecular formula is C9H8FIO2S. The number of hydrogen-bond donors (Lipinski definition) is 1. The molecule has 0 radical (unpaired) electrons. The average molecular weight is 326 g/mol. The Bertz CT molecular complexity index is 368. The van der Waals surface area contributed by atoms with Gasteiger partial charge in [-0.05, 0) is 41.6 Å². The Hall–Kier alpha value is -0.300. The lowest BCUT2D eigenvalue weighted by molar-refractivity contribution is 0.0524. The van der Waals surface area contributed by atoms with Gasteiger partial charge in [0.2, 0.25) is 0 Å². The highest BCUT2D eigenvalue weighted by Crippen LogP contribution is 2.21. The summed E-state index contributed by atoms with van der Waals surface area (Å²) < 4.78 is 18.3. The van der Waals surface area contributed by atoms with Gasteiger partial charge in [0.15, 0.2) is 0 Å². The molecule has 76 valence electrons. The minimum absolute atomic E-state index is 0.147. The van der Waals surface area contributed by atoms with E-state index in [9.17, 15) is 9.18 Å². The van der Waals surface area contributed by atoms with Gasteiger partial charge in [-0.3, -0.25) is 0 Å². The zero-order valence-corrected chi connectivity index (χ0v) is 10.4. The van der Waals surface area contributed by atoms with Crippen LogP contribution in [0, 0.1) is 9.39 Å². The van der Waals surface area contributed by atoms with E-state index in [1.807, 2.05) is 22.6 Å². The lowest BCUT2D eigenvalue weighted by Gasteiger charge is -2.05. The van der Waals surface area contributed by atoms with Gasteiger partial charge in [0.25, 0.3) is 0 Å². The van der Waals surface area contributed by atoms with E-state index in [1.165, 1.54) is 12.1 Å². The first-order valence-corrected chi connectivity index (χ1v) is 5.44. The number of esters is 1. The van der Waals surface area contributed by atoms with E-state index in [1.54, 1.807) is 6.92 Å². The van der Waals surface area contributed by atoms with Crippen LogP contribution in [0.3, 0.4) is 0 Å². The third-order valence-electron chi connectivity index (χ3n) is 1.53. The molecule has 0 amide bonds. The van der Waals surface area contributed by atoms with Crippen molar-refractivity contribution in [3.63, 3.8) is 0 Å². The number of ether oxygens (including phenoxy) is 1. The Labute approximate surface area is 100 Å². The molecule has 0 atom stereocenters. The summed E-state index contributed by atoms with van der Waals surface area (Å²) in [6, 6.07) is 2.63. The van der Waals surface area contributed by atoms with Gasteiger partial charge >= 0.3 is 5.97 Å². The lowest BCUT2D eigenvalue weighted by Crippen LogP contribution is -2.07. The smallest absolute Gasteiger partial charge is 0.339 e. The molecule has 0 saturated heterocycles. The van der Waals surface area contributed by atoms with E-state index in [2.05, 4.69) is 12.6 Å². The standard InChI is InChI=1S/C9H8FIO2S/c1-2-13-9(12)5-3-8(14)6(10)4-7(5)11/h3-4,14H,2H2,1H3. The zero-order chi connectivity index (χ0) is 10.7. The summed E-state index contributed by atoms with van der Waals surface area (Å²) in [5.74, 6) is -0.891. The molecule has 5 heteroatoms. The van der Waals surface area contributed by atoms with Crippen molar-refractivity contribution in [2.24, 2.45) is 0 Å². The van der Waals surface area contributed by atoms with Crippen LogP contribution >= 0.6 is 35.2 Å². The summed E-state index contributed by atoms with van der Waals surface area (Å²) in [4.78, 5) is 11.5. The van der Waals surface area contributed by atoms with Gasteiger partial charge in [0.05, 0.1) is 12.2 Å². The largest absolute Gasteiger partial charge is 0.462 e. The predicted octanol–water partition coefficient (Wildman–Crippen LogP) is 2.90. The number of thiol groups is 1. The summed E-state index contributed by atoms with van der Waals surface area (Å²) in [6.45, 7) is 2.02. The van der Waals surface area contributed by atoms with E-state index >= 15 is 0 Å². The molecule has 0 aliphatic carbocycles. The van der Waals surface area contributed by atoms with Gasteiger partial charge in [-0.25, -0.2) is 9.18 Å². The number of benzene rings is 1. The third-order valence-corrected chi connectivity index (χ3v) is 2.77. The first kappa shape index (κ1) is 11.8. The van der Waals surface area contributed by atoms with E-state index in [0.29, 0.717) is 15.7 Å². The number of carbonyl (C=O) groups excluding carboxylic acids is 1. The molecule has 2 nitrogen and oxygen atoms in total. The van der Waals surface area contributed by atoms with Crippen molar-refractivity contribution in [3.05, 3.63) is 27.1 Å². The van der Waals surface area contributed by atoms with Gasteiger partial charge < -0.3 is 4.74 Å². The number of rotatable bonds is 2. The number of hydrogen-bond acceptors (Lipinski definition) is 3. The predicted molar refractivity (Wildman–Crippen MR) is 62.3 cm³/mol. The fraction of sp³-hybridized carbons (Fsp3) is 0.222. The molecule has 0 saturated carbocycles. The van der Waals surface area contributed by atoms with Gasteiger partial charge in [-0.1, -0.05) is 0 Å². The molecule has 1 aromatic carbocycles. The molecule has 0 aliphatic rings. The van der Waals surface area contributed by atoms with Crippen LogP contribution in [0.1, 0.15) is 17.3 Å². The van der Waals surface area contributed by atoms with Gasteiger partial charge in [0, 0.05) is 8.47 Å². The summed E-state index contributed by atoms with van der Waals surface area (Å²) in [5, 5.41) is 0. The van der Waals surface area contributed by atoms with Crippen LogP contribution in [0.5, 0.6) is 0 Å². The first-order chi connectivity index (χ1) is 6.56. The normalized spacial score (nSPS) is 10.0. The highest BCUT2D eigenvalue weighted by atomic mass is 127. The lowest BCUT2D eigenvalue weighted by atomic mass is 10.2. The molecule has 0 aliphatic heterocycles. The van der Waals surface area contributed by atoms with Crippen LogP contribution in [0.25, 0.3) is 0 Å².